The second kappa shape index (κ2) is 6.34. The number of hydrogen-bond acceptors (Lipinski definition) is 4. The lowest BCUT2D eigenvalue weighted by Gasteiger charge is -2.14. The van der Waals surface area contributed by atoms with Crippen LogP contribution in [0.4, 0.5) is 5.95 Å². The highest BCUT2D eigenvalue weighted by Crippen LogP contribution is 2.20. The van der Waals surface area contributed by atoms with Crippen LogP contribution in [-0.4, -0.2) is 25.8 Å². The number of nitrogens with one attached hydrogen (secondary N) is 2. The van der Waals surface area contributed by atoms with E-state index in [4.69, 9.17) is 0 Å². The molecular weight excluding hydrogens is 278 g/mol. The van der Waals surface area contributed by atoms with Crippen molar-refractivity contribution in [2.75, 3.05) is 5.32 Å². The molecule has 2 aromatic heterocycles. The van der Waals surface area contributed by atoms with Crippen LogP contribution in [0.2, 0.25) is 0 Å². The first kappa shape index (κ1) is 14.8. The van der Waals surface area contributed by atoms with Gasteiger partial charge in [-0.05, 0) is 45.1 Å². The molecule has 2 aromatic rings. The van der Waals surface area contributed by atoms with E-state index in [1.54, 1.807) is 6.07 Å². The van der Waals surface area contributed by atoms with Crippen LogP contribution in [-0.2, 0) is 25.8 Å². The van der Waals surface area contributed by atoms with E-state index >= 15 is 0 Å². The summed E-state index contributed by atoms with van der Waals surface area (Å²) in [6.07, 6.45) is 7.46. The third kappa shape index (κ3) is 3.37. The topological polar surface area (TPSA) is 75.6 Å². The van der Waals surface area contributed by atoms with E-state index in [9.17, 15) is 4.79 Å². The smallest absolute Gasteiger partial charge is 0.252 e. The number of aromatic amines is 1. The molecule has 3 rings (SSSR count). The van der Waals surface area contributed by atoms with Crippen molar-refractivity contribution >= 4 is 5.95 Å². The van der Waals surface area contributed by atoms with Crippen LogP contribution < -0.4 is 10.9 Å². The Hall–Kier alpha value is -2.11. The van der Waals surface area contributed by atoms with Crippen molar-refractivity contribution < 1.29 is 0 Å². The van der Waals surface area contributed by atoms with E-state index < -0.39 is 0 Å². The molecule has 6 nitrogen and oxygen atoms in total. The van der Waals surface area contributed by atoms with Crippen LogP contribution in [0.25, 0.3) is 0 Å². The second-order valence-corrected chi connectivity index (χ2v) is 6.18. The monoisotopic (exact) mass is 301 g/mol. The Bertz CT molecular complexity index is 701. The Balaban J connectivity index is 1.72. The van der Waals surface area contributed by atoms with Crippen LogP contribution in [0.3, 0.4) is 0 Å². The van der Waals surface area contributed by atoms with Crippen LogP contribution in [0, 0.1) is 0 Å². The van der Waals surface area contributed by atoms with E-state index in [1.807, 2.05) is 20.0 Å². The van der Waals surface area contributed by atoms with Gasteiger partial charge in [0.15, 0.2) is 0 Å². The molecule has 6 heteroatoms. The van der Waals surface area contributed by atoms with Gasteiger partial charge in [-0.25, -0.2) is 4.98 Å². The number of hydrogen-bond donors (Lipinski definition) is 2. The molecule has 0 saturated carbocycles. The zero-order chi connectivity index (χ0) is 15.5. The molecule has 22 heavy (non-hydrogen) atoms. The molecule has 118 valence electrons. The van der Waals surface area contributed by atoms with Gasteiger partial charge in [0.2, 0.25) is 5.95 Å². The van der Waals surface area contributed by atoms with Gasteiger partial charge in [-0.3, -0.25) is 14.5 Å². The maximum Gasteiger partial charge on any atom is 0.252 e. The number of rotatable bonds is 5. The highest BCUT2D eigenvalue weighted by molar-refractivity contribution is 5.26. The van der Waals surface area contributed by atoms with Gasteiger partial charge in [0.05, 0.1) is 11.9 Å². The molecule has 2 N–H and O–H groups in total. The second-order valence-electron chi connectivity index (χ2n) is 6.18. The lowest BCUT2D eigenvalue weighted by molar-refractivity contribution is 0.553. The summed E-state index contributed by atoms with van der Waals surface area (Å²) < 4.78 is 2.08. The molecule has 0 aromatic carbocycles. The van der Waals surface area contributed by atoms with Crippen molar-refractivity contribution in [3.63, 3.8) is 0 Å². The summed E-state index contributed by atoms with van der Waals surface area (Å²) in [5.74, 6) is 0.542. The van der Waals surface area contributed by atoms with Gasteiger partial charge in [0.25, 0.3) is 5.56 Å². The van der Waals surface area contributed by atoms with Crippen LogP contribution in [0.5, 0.6) is 0 Å². The minimum absolute atomic E-state index is 0.115. The quantitative estimate of drug-likeness (QED) is 0.884. The van der Waals surface area contributed by atoms with Crippen LogP contribution in [0.1, 0.15) is 43.6 Å². The molecule has 0 fully saturated rings. The van der Waals surface area contributed by atoms with Crippen molar-refractivity contribution in [2.45, 2.75) is 58.5 Å². The molecule has 2 heterocycles. The van der Waals surface area contributed by atoms with E-state index in [2.05, 4.69) is 25.1 Å². The van der Waals surface area contributed by atoms with Crippen molar-refractivity contribution in [1.29, 1.82) is 0 Å². The average molecular weight is 301 g/mol. The first-order chi connectivity index (χ1) is 10.6. The summed E-state index contributed by atoms with van der Waals surface area (Å²) in [5, 5.41) is 7.63. The van der Waals surface area contributed by atoms with Gasteiger partial charge in [0.1, 0.15) is 0 Å². The largest absolute Gasteiger partial charge is 0.354 e. The first-order valence-corrected chi connectivity index (χ1v) is 8.02. The minimum Gasteiger partial charge on any atom is -0.354 e. The molecule has 0 spiro atoms. The fourth-order valence-electron chi connectivity index (χ4n) is 2.95. The fourth-order valence-corrected chi connectivity index (χ4v) is 2.95. The Morgan fingerprint density at radius 2 is 2.18 bits per heavy atom. The number of H-pyrrole nitrogens is 1. The third-order valence-electron chi connectivity index (χ3n) is 3.94. The maximum absolute atomic E-state index is 11.7. The highest BCUT2D eigenvalue weighted by atomic mass is 16.1. The Morgan fingerprint density at radius 3 is 3.00 bits per heavy atom. The Kier molecular flexibility index (Phi) is 4.27. The highest BCUT2D eigenvalue weighted by Gasteiger charge is 2.15. The summed E-state index contributed by atoms with van der Waals surface area (Å²) in [7, 11) is 0. The fraction of sp³-hybridized carbons (Fsp3) is 0.562. The maximum atomic E-state index is 11.7. The third-order valence-corrected chi connectivity index (χ3v) is 3.94. The molecule has 1 aliphatic rings. The number of fused-ring (bicyclic) bond motifs is 1. The van der Waals surface area contributed by atoms with E-state index in [0.29, 0.717) is 12.4 Å². The molecule has 0 aliphatic heterocycles. The summed E-state index contributed by atoms with van der Waals surface area (Å²) in [4.78, 5) is 18.9. The summed E-state index contributed by atoms with van der Waals surface area (Å²) in [5.41, 5.74) is 3.42. The molecular formula is C16H23N5O. The van der Waals surface area contributed by atoms with E-state index in [1.165, 1.54) is 24.1 Å². The van der Waals surface area contributed by atoms with E-state index in [-0.39, 0.29) is 11.6 Å². The molecule has 0 atom stereocenters. The molecule has 0 bridgehead atoms. The van der Waals surface area contributed by atoms with Gasteiger partial charge in [-0.2, -0.15) is 5.10 Å². The predicted molar refractivity (Wildman–Crippen MR) is 86.2 cm³/mol. The number of anilines is 1. The van der Waals surface area contributed by atoms with Crippen LogP contribution >= 0.6 is 0 Å². The van der Waals surface area contributed by atoms with Crippen molar-refractivity contribution in [3.05, 3.63) is 39.6 Å². The summed E-state index contributed by atoms with van der Waals surface area (Å²) in [6, 6.07) is 1.80. The lowest BCUT2D eigenvalue weighted by atomic mass is 9.98. The Labute approximate surface area is 130 Å². The molecule has 1 aliphatic carbocycles. The van der Waals surface area contributed by atoms with Gasteiger partial charge < -0.3 is 5.32 Å². The van der Waals surface area contributed by atoms with E-state index in [0.717, 1.165) is 25.1 Å². The first-order valence-electron chi connectivity index (χ1n) is 8.02. The standard InChI is InChI=1S/C16H23N5O/c1-11(2)18-16-19-13(9-15(22)20-16)7-8-21-14-6-4-3-5-12(14)10-17-21/h9-11H,3-8H2,1-2H3,(H2,18,19,20,22). The van der Waals surface area contributed by atoms with Gasteiger partial charge >= 0.3 is 0 Å². The SMILES string of the molecule is CC(C)Nc1nc(CCn2ncc3c2CCCC3)cc(=O)[nH]1. The molecule has 0 radical (unpaired) electrons. The predicted octanol–water partition coefficient (Wildman–Crippen LogP) is 1.91. The minimum atomic E-state index is -0.115. The van der Waals surface area contributed by atoms with Gasteiger partial charge in [0, 0.05) is 30.8 Å². The van der Waals surface area contributed by atoms with Crippen molar-refractivity contribution in [2.24, 2.45) is 0 Å². The molecule has 0 saturated heterocycles. The van der Waals surface area contributed by atoms with Crippen molar-refractivity contribution in [1.82, 2.24) is 19.7 Å². The normalized spacial score (nSPS) is 14.1. The van der Waals surface area contributed by atoms with Gasteiger partial charge in [-0.15, -0.1) is 0 Å². The number of aryl methyl sites for hydroxylation is 3. The lowest BCUT2D eigenvalue weighted by Crippen LogP contribution is -2.19. The number of aromatic nitrogens is 4. The molecule has 0 amide bonds. The van der Waals surface area contributed by atoms with Gasteiger partial charge in [-0.1, -0.05) is 0 Å². The zero-order valence-corrected chi connectivity index (χ0v) is 13.2. The Morgan fingerprint density at radius 1 is 1.36 bits per heavy atom. The van der Waals surface area contributed by atoms with Crippen LogP contribution in [0.15, 0.2) is 17.1 Å². The van der Waals surface area contributed by atoms with Crippen molar-refractivity contribution in [3.8, 4) is 0 Å². The average Bonchev–Trinajstić information content (AvgIpc) is 2.87. The summed E-state index contributed by atoms with van der Waals surface area (Å²) >= 11 is 0. The molecule has 0 unspecified atom stereocenters. The number of nitrogens with zero attached hydrogens (tertiary/aromatic N) is 3. The zero-order valence-electron chi connectivity index (χ0n) is 13.2. The summed E-state index contributed by atoms with van der Waals surface area (Å²) in [6.45, 7) is 4.80.